The van der Waals surface area contributed by atoms with E-state index in [0.717, 1.165) is 48.9 Å². The lowest BCUT2D eigenvalue weighted by molar-refractivity contribution is 0.100. The van der Waals surface area contributed by atoms with Crippen molar-refractivity contribution in [2.24, 2.45) is 0 Å². The van der Waals surface area contributed by atoms with Gasteiger partial charge in [0.15, 0.2) is 0 Å². The van der Waals surface area contributed by atoms with Gasteiger partial charge in [0.1, 0.15) is 22.7 Å². The molecule has 0 unspecified atom stereocenters. The highest BCUT2D eigenvalue weighted by molar-refractivity contribution is 5.85. The lowest BCUT2D eigenvalue weighted by atomic mass is 9.89. The monoisotopic (exact) mass is 594 g/mol. The Hall–Kier alpha value is -3.83. The quantitative estimate of drug-likeness (QED) is 0.216. The largest absolute Gasteiger partial charge is 0.461 e. The normalized spacial score (nSPS) is 14.8. The maximum absolute atomic E-state index is 6.08. The maximum Gasteiger partial charge on any atom is 0.134 e. The van der Waals surface area contributed by atoms with E-state index in [9.17, 15) is 0 Å². The SMILES string of the molecule is C.CC.Cl.c1ccc(C(c2ccccc2)N2CC(c3cc4ccccc4o3)C2)cc1.c1ccc2oc(C3CNC3)cc2c1. The molecule has 43 heavy (non-hydrogen) atoms. The Bertz CT molecular complexity index is 1560. The first-order valence-electron chi connectivity index (χ1n) is 14.8. The average molecular weight is 595 g/mol. The van der Waals surface area contributed by atoms with Crippen molar-refractivity contribution in [2.75, 3.05) is 26.2 Å². The van der Waals surface area contributed by atoms with Gasteiger partial charge in [0, 0.05) is 48.8 Å². The molecule has 2 aromatic heterocycles. The average Bonchev–Trinajstić information content (AvgIpc) is 3.60. The summed E-state index contributed by atoms with van der Waals surface area (Å²) in [6.07, 6.45) is 0. The minimum atomic E-state index is 0. The van der Waals surface area contributed by atoms with Crippen molar-refractivity contribution in [2.45, 2.75) is 39.2 Å². The highest BCUT2D eigenvalue weighted by Crippen LogP contribution is 2.39. The van der Waals surface area contributed by atoms with E-state index >= 15 is 0 Å². The zero-order valence-corrected chi connectivity index (χ0v) is 25.1. The molecule has 5 heteroatoms. The number of likely N-dealkylation sites (tertiary alicyclic amines) is 1. The molecule has 0 atom stereocenters. The van der Waals surface area contributed by atoms with E-state index in [4.69, 9.17) is 8.83 Å². The first-order valence-corrected chi connectivity index (χ1v) is 14.8. The molecule has 4 nitrogen and oxygen atoms in total. The molecule has 0 saturated carbocycles. The number of hydrogen-bond donors (Lipinski definition) is 1. The highest BCUT2D eigenvalue weighted by atomic mass is 35.5. The third-order valence-electron chi connectivity index (χ3n) is 7.98. The number of halogens is 1. The Morgan fingerprint density at radius 2 is 1.02 bits per heavy atom. The zero-order valence-electron chi connectivity index (χ0n) is 24.3. The van der Waals surface area contributed by atoms with E-state index in [0.29, 0.717) is 17.9 Å². The molecule has 224 valence electrons. The van der Waals surface area contributed by atoms with Crippen molar-refractivity contribution in [1.82, 2.24) is 10.2 Å². The number of benzene rings is 4. The molecule has 2 saturated heterocycles. The third kappa shape index (κ3) is 7.05. The summed E-state index contributed by atoms with van der Waals surface area (Å²) in [5.74, 6) is 3.30. The number of furan rings is 2. The molecule has 4 aromatic carbocycles. The van der Waals surface area contributed by atoms with Gasteiger partial charge < -0.3 is 14.2 Å². The molecular weight excluding hydrogens is 552 g/mol. The summed E-state index contributed by atoms with van der Waals surface area (Å²) in [5.41, 5.74) is 4.69. The van der Waals surface area contributed by atoms with Gasteiger partial charge in [0.25, 0.3) is 0 Å². The molecule has 0 bridgehead atoms. The van der Waals surface area contributed by atoms with Gasteiger partial charge in [0.05, 0.1) is 6.04 Å². The van der Waals surface area contributed by atoms with E-state index in [1.165, 1.54) is 21.9 Å². The van der Waals surface area contributed by atoms with Crippen molar-refractivity contribution in [3.05, 3.63) is 144 Å². The minimum Gasteiger partial charge on any atom is -0.461 e. The maximum atomic E-state index is 6.08. The summed E-state index contributed by atoms with van der Waals surface area (Å²) in [5, 5.41) is 5.65. The Morgan fingerprint density at radius 1 is 0.605 bits per heavy atom. The number of fused-ring (bicyclic) bond motifs is 2. The van der Waals surface area contributed by atoms with Gasteiger partial charge in [-0.15, -0.1) is 12.4 Å². The van der Waals surface area contributed by atoms with Gasteiger partial charge in [-0.2, -0.15) is 0 Å². The molecule has 8 rings (SSSR count). The second-order valence-electron chi connectivity index (χ2n) is 10.6. The fraction of sp³-hybridized carbons (Fsp3) is 0.263. The molecule has 4 heterocycles. The van der Waals surface area contributed by atoms with Crippen LogP contribution in [0.1, 0.15) is 61.8 Å². The minimum absolute atomic E-state index is 0. The predicted molar refractivity (Wildman–Crippen MR) is 182 cm³/mol. The van der Waals surface area contributed by atoms with Crippen LogP contribution in [0, 0.1) is 0 Å². The van der Waals surface area contributed by atoms with E-state index in [-0.39, 0.29) is 19.8 Å². The van der Waals surface area contributed by atoms with Crippen LogP contribution in [0.15, 0.2) is 130 Å². The lowest BCUT2D eigenvalue weighted by Crippen LogP contribution is -2.47. The Morgan fingerprint density at radius 3 is 1.44 bits per heavy atom. The van der Waals surface area contributed by atoms with Gasteiger partial charge in [-0.1, -0.05) is 118 Å². The fourth-order valence-electron chi connectivity index (χ4n) is 5.69. The van der Waals surface area contributed by atoms with Crippen LogP contribution < -0.4 is 5.32 Å². The van der Waals surface area contributed by atoms with Crippen molar-refractivity contribution in [1.29, 1.82) is 0 Å². The van der Waals surface area contributed by atoms with E-state index in [1.807, 2.05) is 44.2 Å². The van der Waals surface area contributed by atoms with Crippen molar-refractivity contribution in [3.8, 4) is 0 Å². The number of rotatable bonds is 5. The lowest BCUT2D eigenvalue weighted by Gasteiger charge is -2.44. The van der Waals surface area contributed by atoms with Crippen LogP contribution in [0.4, 0.5) is 0 Å². The smallest absolute Gasteiger partial charge is 0.134 e. The second-order valence-corrected chi connectivity index (χ2v) is 10.6. The first kappa shape index (κ1) is 32.1. The molecule has 0 amide bonds. The summed E-state index contributed by atoms with van der Waals surface area (Å²) in [6, 6.07) is 42.7. The molecular formula is C38H43ClN2O2. The third-order valence-corrected chi connectivity index (χ3v) is 7.98. The van der Waals surface area contributed by atoms with E-state index in [1.54, 1.807) is 0 Å². The Labute approximate surface area is 262 Å². The summed E-state index contributed by atoms with van der Waals surface area (Å²) >= 11 is 0. The molecule has 1 N–H and O–H groups in total. The number of nitrogens with zero attached hydrogens (tertiary/aromatic N) is 1. The molecule has 0 radical (unpaired) electrons. The first-order chi connectivity index (χ1) is 20.3. The molecule has 6 aromatic rings. The van der Waals surface area contributed by atoms with Crippen LogP contribution in [-0.2, 0) is 0 Å². The molecule has 0 spiro atoms. The Kier molecular flexibility index (Phi) is 11.2. The number of hydrogen-bond acceptors (Lipinski definition) is 4. The van der Waals surface area contributed by atoms with E-state index in [2.05, 4.69) is 101 Å². The van der Waals surface area contributed by atoms with Crippen LogP contribution >= 0.6 is 12.4 Å². The summed E-state index contributed by atoms with van der Waals surface area (Å²) in [7, 11) is 0. The van der Waals surface area contributed by atoms with Gasteiger partial charge >= 0.3 is 0 Å². The molecule has 2 aliphatic heterocycles. The van der Waals surface area contributed by atoms with Crippen molar-refractivity contribution in [3.63, 3.8) is 0 Å². The standard InChI is InChI=1S/C24H21NO.C11H11NO.C2H6.CH4.ClH/c1-3-9-18(10-4-1)24(19-11-5-2-6-12-19)25-16-21(17-25)23-15-20-13-7-8-14-22(20)26-23;1-2-4-10-8(3-1)5-11(13-10)9-6-12-7-9;1-2;;/h1-15,21,24H,16-17H2;1-5,9,12H,6-7H2;1-2H3;1H4;1H. The van der Waals surface area contributed by atoms with Crippen LogP contribution in [0.5, 0.6) is 0 Å². The van der Waals surface area contributed by atoms with E-state index < -0.39 is 0 Å². The molecule has 0 aliphatic carbocycles. The topological polar surface area (TPSA) is 41.6 Å². The van der Waals surface area contributed by atoms with Gasteiger partial charge in [-0.25, -0.2) is 0 Å². The summed E-state index contributed by atoms with van der Waals surface area (Å²) in [6.45, 7) is 8.15. The van der Waals surface area contributed by atoms with Gasteiger partial charge in [0.2, 0.25) is 0 Å². The van der Waals surface area contributed by atoms with Gasteiger partial charge in [-0.3, -0.25) is 4.90 Å². The summed E-state index contributed by atoms with van der Waals surface area (Å²) < 4.78 is 11.8. The Balaban J connectivity index is 0.000000211. The van der Waals surface area contributed by atoms with Crippen LogP contribution in [0.2, 0.25) is 0 Å². The number of nitrogens with one attached hydrogen (secondary N) is 1. The van der Waals surface area contributed by atoms with Crippen molar-refractivity contribution >= 4 is 34.3 Å². The molecule has 2 fully saturated rings. The zero-order chi connectivity index (χ0) is 28.0. The number of para-hydroxylation sites is 2. The molecule has 2 aliphatic rings. The summed E-state index contributed by atoms with van der Waals surface area (Å²) in [4.78, 5) is 2.54. The second kappa shape index (κ2) is 15.1. The van der Waals surface area contributed by atoms with Crippen LogP contribution in [0.3, 0.4) is 0 Å². The predicted octanol–water partition coefficient (Wildman–Crippen LogP) is 9.83. The van der Waals surface area contributed by atoms with Gasteiger partial charge in [-0.05, 0) is 35.4 Å². The fourth-order valence-corrected chi connectivity index (χ4v) is 5.69. The highest BCUT2D eigenvalue weighted by Gasteiger charge is 2.36. The van der Waals surface area contributed by atoms with Crippen molar-refractivity contribution < 1.29 is 8.83 Å². The van der Waals surface area contributed by atoms with Crippen LogP contribution in [-0.4, -0.2) is 31.1 Å². The van der Waals surface area contributed by atoms with Crippen LogP contribution in [0.25, 0.3) is 21.9 Å².